The number of aryl methyl sites for hydroxylation is 1. The van der Waals surface area contributed by atoms with Crippen molar-refractivity contribution in [3.63, 3.8) is 0 Å². The highest BCUT2D eigenvalue weighted by Gasteiger charge is 2.30. The fourth-order valence-corrected chi connectivity index (χ4v) is 5.17. The Bertz CT molecular complexity index is 1420. The monoisotopic (exact) mass is 496 g/mol. The second-order valence-corrected chi connectivity index (χ2v) is 9.77. The van der Waals surface area contributed by atoms with E-state index in [1.807, 2.05) is 36.1 Å². The number of hydrogen-bond acceptors (Lipinski definition) is 10. The largest absolute Gasteiger partial charge is 0.352 e. The van der Waals surface area contributed by atoms with E-state index in [9.17, 15) is 12.8 Å². The van der Waals surface area contributed by atoms with E-state index in [0.29, 0.717) is 30.5 Å². The van der Waals surface area contributed by atoms with Crippen molar-refractivity contribution in [2.45, 2.75) is 11.8 Å². The van der Waals surface area contributed by atoms with Crippen LogP contribution in [0.1, 0.15) is 5.69 Å². The van der Waals surface area contributed by atoms with Crippen LogP contribution in [0, 0.1) is 12.7 Å². The Morgan fingerprint density at radius 2 is 1.80 bits per heavy atom. The van der Waals surface area contributed by atoms with E-state index >= 15 is 0 Å². The van der Waals surface area contributed by atoms with E-state index in [4.69, 9.17) is 0 Å². The van der Waals surface area contributed by atoms with Gasteiger partial charge in [0.2, 0.25) is 15.8 Å². The van der Waals surface area contributed by atoms with E-state index in [2.05, 4.69) is 41.1 Å². The van der Waals surface area contributed by atoms with Gasteiger partial charge in [-0.3, -0.25) is 0 Å². The Morgan fingerprint density at radius 3 is 2.49 bits per heavy atom. The summed E-state index contributed by atoms with van der Waals surface area (Å²) in [5, 5.41) is 24.7. The van der Waals surface area contributed by atoms with Crippen LogP contribution < -0.4 is 10.2 Å². The summed E-state index contributed by atoms with van der Waals surface area (Å²) in [5.41, 5.74) is 0.849. The molecule has 12 nitrogen and oxygen atoms in total. The lowest BCUT2D eigenvalue weighted by atomic mass is 10.2. The lowest BCUT2D eigenvalue weighted by Gasteiger charge is -2.34. The number of piperazine rings is 1. The van der Waals surface area contributed by atoms with Crippen molar-refractivity contribution in [2.24, 2.45) is 0 Å². The minimum Gasteiger partial charge on any atom is -0.352 e. The minimum atomic E-state index is -3.84. The van der Waals surface area contributed by atoms with E-state index in [1.165, 1.54) is 16.4 Å². The van der Waals surface area contributed by atoms with Crippen molar-refractivity contribution in [3.8, 4) is 11.4 Å². The highest BCUT2D eigenvalue weighted by Crippen LogP contribution is 2.26. The molecule has 5 rings (SSSR count). The second kappa shape index (κ2) is 9.31. The van der Waals surface area contributed by atoms with Crippen molar-refractivity contribution in [1.29, 1.82) is 0 Å². The molecule has 0 saturated carbocycles. The molecule has 0 radical (unpaired) electrons. The number of anilines is 3. The lowest BCUT2D eigenvalue weighted by Crippen LogP contribution is -2.49. The standard InChI is InChI=1S/C21H21FN10O2S/c1-14-3-2-4-18(23-14)24-19-7-8-20(26-25-19)31-9-11-32(12-10-31)35(33,34)15-5-6-17(22)16(13-15)21-27-29-30-28-21/h2-8,13H,9-12H2,1H3,(H,23,24,25)(H,27,28,29,30). The molecule has 0 atom stereocenters. The van der Waals surface area contributed by atoms with Gasteiger partial charge in [-0.05, 0) is 54.6 Å². The molecule has 2 N–H and O–H groups in total. The molecule has 0 unspecified atom stereocenters. The summed E-state index contributed by atoms with van der Waals surface area (Å²) in [4.78, 5) is 6.30. The first-order valence-electron chi connectivity index (χ1n) is 10.7. The molecular weight excluding hydrogens is 475 g/mol. The van der Waals surface area contributed by atoms with Crippen molar-refractivity contribution < 1.29 is 12.8 Å². The molecule has 14 heteroatoms. The third kappa shape index (κ3) is 4.79. The molecule has 0 aliphatic carbocycles. The van der Waals surface area contributed by atoms with Gasteiger partial charge in [0.15, 0.2) is 11.6 Å². The Balaban J connectivity index is 1.25. The van der Waals surface area contributed by atoms with Crippen molar-refractivity contribution in [1.82, 2.24) is 40.1 Å². The summed E-state index contributed by atoms with van der Waals surface area (Å²) in [6, 6.07) is 12.8. The number of pyridine rings is 1. The van der Waals surface area contributed by atoms with Gasteiger partial charge in [0.25, 0.3) is 0 Å². The maximum atomic E-state index is 14.2. The van der Waals surface area contributed by atoms with Crippen LogP contribution in [0.15, 0.2) is 53.4 Å². The Morgan fingerprint density at radius 1 is 0.971 bits per heavy atom. The number of halogens is 1. The molecule has 0 amide bonds. The lowest BCUT2D eigenvalue weighted by molar-refractivity contribution is 0.383. The van der Waals surface area contributed by atoms with E-state index < -0.39 is 15.8 Å². The molecule has 0 spiro atoms. The number of sulfonamides is 1. The molecule has 35 heavy (non-hydrogen) atoms. The number of aromatic amines is 1. The number of tetrazole rings is 1. The van der Waals surface area contributed by atoms with E-state index in [-0.39, 0.29) is 29.4 Å². The van der Waals surface area contributed by atoms with Crippen LogP contribution in [-0.4, -0.2) is 74.7 Å². The molecule has 1 aromatic carbocycles. The van der Waals surface area contributed by atoms with E-state index in [1.54, 1.807) is 6.07 Å². The van der Waals surface area contributed by atoms with Gasteiger partial charge in [0, 0.05) is 31.9 Å². The third-order valence-corrected chi connectivity index (χ3v) is 7.41. The highest BCUT2D eigenvalue weighted by molar-refractivity contribution is 7.89. The average molecular weight is 497 g/mol. The third-order valence-electron chi connectivity index (χ3n) is 5.52. The summed E-state index contributed by atoms with van der Waals surface area (Å²) >= 11 is 0. The number of aromatic nitrogens is 7. The first-order valence-corrected chi connectivity index (χ1v) is 12.2. The van der Waals surface area contributed by atoms with E-state index in [0.717, 1.165) is 11.8 Å². The van der Waals surface area contributed by atoms with Gasteiger partial charge in [-0.1, -0.05) is 6.07 Å². The number of hydrogen-bond donors (Lipinski definition) is 2. The summed E-state index contributed by atoms with van der Waals surface area (Å²) in [5.74, 6) is 1.23. The van der Waals surface area contributed by atoms with Crippen LogP contribution in [-0.2, 0) is 10.0 Å². The van der Waals surface area contributed by atoms with Crippen molar-refractivity contribution in [3.05, 3.63) is 60.0 Å². The van der Waals surface area contributed by atoms with Crippen molar-refractivity contribution >= 4 is 27.5 Å². The number of rotatable bonds is 6. The van der Waals surface area contributed by atoms with Crippen LogP contribution in [0.4, 0.5) is 21.8 Å². The zero-order valence-electron chi connectivity index (χ0n) is 18.6. The quantitative estimate of drug-likeness (QED) is 0.405. The SMILES string of the molecule is Cc1cccc(Nc2ccc(N3CCN(S(=O)(=O)c4ccc(F)c(-c5nn[nH]n5)c4)CC3)nn2)n1. The predicted molar refractivity (Wildman–Crippen MR) is 125 cm³/mol. The molecule has 3 aromatic heterocycles. The number of H-pyrrole nitrogens is 1. The number of benzene rings is 1. The van der Waals surface area contributed by atoms with Gasteiger partial charge in [0.05, 0.1) is 10.5 Å². The van der Waals surface area contributed by atoms with Gasteiger partial charge in [-0.2, -0.15) is 9.52 Å². The molecule has 1 aliphatic rings. The maximum Gasteiger partial charge on any atom is 0.243 e. The van der Waals surface area contributed by atoms with Crippen LogP contribution in [0.5, 0.6) is 0 Å². The first-order chi connectivity index (χ1) is 16.9. The van der Waals surface area contributed by atoms with Crippen LogP contribution in [0.3, 0.4) is 0 Å². The molecule has 4 heterocycles. The summed E-state index contributed by atoms with van der Waals surface area (Å²) in [6.07, 6.45) is 0. The minimum absolute atomic E-state index is 0.0148. The second-order valence-electron chi connectivity index (χ2n) is 7.83. The van der Waals surface area contributed by atoms with Crippen LogP contribution in [0.2, 0.25) is 0 Å². The maximum absolute atomic E-state index is 14.2. The van der Waals surface area contributed by atoms with Crippen LogP contribution in [0.25, 0.3) is 11.4 Å². The summed E-state index contributed by atoms with van der Waals surface area (Å²) in [6.45, 7) is 3.25. The zero-order valence-corrected chi connectivity index (χ0v) is 19.4. The number of nitrogens with one attached hydrogen (secondary N) is 2. The normalized spacial score (nSPS) is 14.7. The Labute approximate surface area is 200 Å². The van der Waals surface area contributed by atoms with Crippen LogP contribution >= 0.6 is 0 Å². The van der Waals surface area contributed by atoms with Gasteiger partial charge >= 0.3 is 0 Å². The highest BCUT2D eigenvalue weighted by atomic mass is 32.2. The first kappa shape index (κ1) is 22.7. The van der Waals surface area contributed by atoms with Gasteiger partial charge in [-0.15, -0.1) is 20.4 Å². The predicted octanol–water partition coefficient (Wildman–Crippen LogP) is 1.75. The zero-order chi connectivity index (χ0) is 24.4. The molecule has 180 valence electrons. The van der Waals surface area contributed by atoms with Gasteiger partial charge in [0.1, 0.15) is 11.6 Å². The molecule has 4 aromatic rings. The number of nitrogens with zero attached hydrogens (tertiary/aromatic N) is 8. The smallest absolute Gasteiger partial charge is 0.243 e. The summed E-state index contributed by atoms with van der Waals surface area (Å²) < 4.78 is 41.9. The fraction of sp³-hybridized carbons (Fsp3) is 0.238. The van der Waals surface area contributed by atoms with Crippen molar-refractivity contribution in [2.75, 3.05) is 36.4 Å². The molecule has 1 aliphatic heterocycles. The molecular formula is C21H21FN10O2S. The summed E-state index contributed by atoms with van der Waals surface area (Å²) in [7, 11) is -3.84. The fourth-order valence-electron chi connectivity index (χ4n) is 3.72. The molecule has 1 fully saturated rings. The molecule has 0 bridgehead atoms. The Kier molecular flexibility index (Phi) is 6.05. The Hall–Kier alpha value is -4.04. The topological polar surface area (TPSA) is 146 Å². The van der Waals surface area contributed by atoms with Gasteiger partial charge in [-0.25, -0.2) is 17.8 Å². The molecule has 1 saturated heterocycles. The van der Waals surface area contributed by atoms with Gasteiger partial charge < -0.3 is 10.2 Å². The average Bonchev–Trinajstić information content (AvgIpc) is 3.40.